The minimum atomic E-state index is 0.202. The van der Waals surface area contributed by atoms with Crippen LogP contribution in [0.2, 0.25) is 0 Å². The molecule has 0 amide bonds. The van der Waals surface area contributed by atoms with Crippen LogP contribution in [0, 0.1) is 0 Å². The number of rotatable bonds is 4. The van der Waals surface area contributed by atoms with Crippen LogP contribution in [0.1, 0.15) is 40.5 Å². The Hall–Kier alpha value is -0.120. The summed E-state index contributed by atoms with van der Waals surface area (Å²) >= 11 is 0. The standard InChI is InChI=1S/C12H26N2O/c1-5-10(2)14-11(6-7-15)8-13-9-12(14,3)4/h10-11,13,15H,5-9H2,1-4H3. The second kappa shape index (κ2) is 5.28. The second-order valence-corrected chi connectivity index (χ2v) is 5.27. The predicted molar refractivity (Wildman–Crippen MR) is 64.0 cm³/mol. The highest BCUT2D eigenvalue weighted by Crippen LogP contribution is 2.26. The van der Waals surface area contributed by atoms with Gasteiger partial charge in [0.05, 0.1) is 0 Å². The van der Waals surface area contributed by atoms with Gasteiger partial charge in [0, 0.05) is 37.3 Å². The summed E-state index contributed by atoms with van der Waals surface area (Å²) in [5.41, 5.74) is 0.202. The minimum Gasteiger partial charge on any atom is -0.396 e. The minimum absolute atomic E-state index is 0.202. The number of nitrogens with one attached hydrogen (secondary N) is 1. The lowest BCUT2D eigenvalue weighted by Crippen LogP contribution is -2.65. The Morgan fingerprint density at radius 1 is 1.53 bits per heavy atom. The van der Waals surface area contributed by atoms with Crippen molar-refractivity contribution in [3.63, 3.8) is 0 Å². The molecule has 90 valence electrons. The van der Waals surface area contributed by atoms with E-state index in [4.69, 9.17) is 5.11 Å². The second-order valence-electron chi connectivity index (χ2n) is 5.27. The number of piperazine rings is 1. The molecule has 0 radical (unpaired) electrons. The summed E-state index contributed by atoms with van der Waals surface area (Å²) in [5.74, 6) is 0. The topological polar surface area (TPSA) is 35.5 Å². The molecule has 1 heterocycles. The van der Waals surface area contributed by atoms with E-state index < -0.39 is 0 Å². The molecule has 0 aromatic heterocycles. The van der Waals surface area contributed by atoms with Crippen molar-refractivity contribution in [2.75, 3.05) is 19.7 Å². The van der Waals surface area contributed by atoms with Gasteiger partial charge < -0.3 is 10.4 Å². The number of hydrogen-bond acceptors (Lipinski definition) is 3. The molecule has 0 aromatic carbocycles. The van der Waals surface area contributed by atoms with Crippen molar-refractivity contribution < 1.29 is 5.11 Å². The summed E-state index contributed by atoms with van der Waals surface area (Å²) in [4.78, 5) is 2.58. The van der Waals surface area contributed by atoms with Crippen LogP contribution in [-0.2, 0) is 0 Å². The first-order chi connectivity index (χ1) is 7.03. The van der Waals surface area contributed by atoms with Gasteiger partial charge in [-0.3, -0.25) is 4.90 Å². The molecule has 1 saturated heterocycles. The van der Waals surface area contributed by atoms with Gasteiger partial charge in [0.15, 0.2) is 0 Å². The Morgan fingerprint density at radius 2 is 2.20 bits per heavy atom. The fraction of sp³-hybridized carbons (Fsp3) is 1.00. The van der Waals surface area contributed by atoms with Crippen LogP contribution in [0.5, 0.6) is 0 Å². The van der Waals surface area contributed by atoms with E-state index in [1.807, 2.05) is 0 Å². The number of nitrogens with zero attached hydrogens (tertiary/aromatic N) is 1. The highest BCUT2D eigenvalue weighted by atomic mass is 16.3. The molecule has 2 N–H and O–H groups in total. The molecule has 0 bridgehead atoms. The van der Waals surface area contributed by atoms with Crippen LogP contribution in [0.4, 0.5) is 0 Å². The van der Waals surface area contributed by atoms with Crippen molar-refractivity contribution in [1.29, 1.82) is 0 Å². The highest BCUT2D eigenvalue weighted by molar-refractivity contribution is 4.96. The molecule has 0 aliphatic carbocycles. The zero-order valence-electron chi connectivity index (χ0n) is 10.6. The van der Waals surface area contributed by atoms with Crippen LogP contribution in [-0.4, -0.2) is 47.3 Å². The highest BCUT2D eigenvalue weighted by Gasteiger charge is 2.37. The molecular weight excluding hydrogens is 188 g/mol. The summed E-state index contributed by atoms with van der Waals surface area (Å²) in [7, 11) is 0. The quantitative estimate of drug-likeness (QED) is 0.738. The van der Waals surface area contributed by atoms with E-state index in [0.717, 1.165) is 19.5 Å². The first kappa shape index (κ1) is 12.9. The Morgan fingerprint density at radius 3 is 2.73 bits per heavy atom. The molecule has 0 spiro atoms. The normalized spacial score (nSPS) is 29.0. The Bertz CT molecular complexity index is 192. The summed E-state index contributed by atoms with van der Waals surface area (Å²) in [6.07, 6.45) is 2.05. The summed E-state index contributed by atoms with van der Waals surface area (Å²) in [5, 5.41) is 12.6. The summed E-state index contributed by atoms with van der Waals surface area (Å²) in [6, 6.07) is 1.08. The SMILES string of the molecule is CCC(C)N1C(CCO)CNCC1(C)C. The van der Waals surface area contributed by atoms with Crippen molar-refractivity contribution in [3.8, 4) is 0 Å². The lowest BCUT2D eigenvalue weighted by Gasteiger charge is -2.51. The molecule has 0 saturated carbocycles. The first-order valence-corrected chi connectivity index (χ1v) is 6.13. The van der Waals surface area contributed by atoms with Gasteiger partial charge in [-0.05, 0) is 33.6 Å². The average molecular weight is 214 g/mol. The van der Waals surface area contributed by atoms with E-state index in [1.165, 1.54) is 6.42 Å². The molecule has 2 unspecified atom stereocenters. The number of hydrogen-bond donors (Lipinski definition) is 2. The molecule has 3 nitrogen and oxygen atoms in total. The van der Waals surface area contributed by atoms with Crippen LogP contribution in [0.15, 0.2) is 0 Å². The van der Waals surface area contributed by atoms with Crippen LogP contribution < -0.4 is 5.32 Å². The Labute approximate surface area is 93.9 Å². The maximum Gasteiger partial charge on any atom is 0.0446 e. The smallest absolute Gasteiger partial charge is 0.0446 e. The molecule has 0 aromatic rings. The summed E-state index contributed by atoms with van der Waals surface area (Å²) < 4.78 is 0. The fourth-order valence-corrected chi connectivity index (χ4v) is 2.77. The monoisotopic (exact) mass is 214 g/mol. The first-order valence-electron chi connectivity index (χ1n) is 6.13. The van der Waals surface area contributed by atoms with Gasteiger partial charge in [-0.1, -0.05) is 6.92 Å². The largest absolute Gasteiger partial charge is 0.396 e. The van der Waals surface area contributed by atoms with Crippen molar-refractivity contribution >= 4 is 0 Å². The van der Waals surface area contributed by atoms with Gasteiger partial charge >= 0.3 is 0 Å². The lowest BCUT2D eigenvalue weighted by molar-refractivity contribution is -0.00755. The number of aliphatic hydroxyl groups excluding tert-OH is 1. The third-order valence-electron chi connectivity index (χ3n) is 3.56. The van der Waals surface area contributed by atoms with Gasteiger partial charge in [0.25, 0.3) is 0 Å². The molecule has 1 fully saturated rings. The molecule has 2 atom stereocenters. The number of aliphatic hydroxyl groups is 1. The van der Waals surface area contributed by atoms with Gasteiger partial charge in [0.1, 0.15) is 0 Å². The molecule has 15 heavy (non-hydrogen) atoms. The van der Waals surface area contributed by atoms with Crippen LogP contribution >= 0.6 is 0 Å². The van der Waals surface area contributed by atoms with E-state index in [0.29, 0.717) is 12.1 Å². The maximum atomic E-state index is 9.11. The van der Waals surface area contributed by atoms with Crippen molar-refractivity contribution in [2.45, 2.75) is 58.2 Å². The van der Waals surface area contributed by atoms with E-state index in [1.54, 1.807) is 0 Å². The summed E-state index contributed by atoms with van der Waals surface area (Å²) in [6.45, 7) is 11.4. The molecule has 1 aliphatic heterocycles. The zero-order valence-corrected chi connectivity index (χ0v) is 10.6. The van der Waals surface area contributed by atoms with Gasteiger partial charge in [-0.15, -0.1) is 0 Å². The van der Waals surface area contributed by atoms with Crippen LogP contribution in [0.3, 0.4) is 0 Å². The van der Waals surface area contributed by atoms with Crippen LogP contribution in [0.25, 0.3) is 0 Å². The predicted octanol–water partition coefficient (Wildman–Crippen LogP) is 1.22. The Balaban J connectivity index is 2.77. The molecule has 1 rings (SSSR count). The van der Waals surface area contributed by atoms with E-state index in [2.05, 4.69) is 37.9 Å². The van der Waals surface area contributed by atoms with Crippen molar-refractivity contribution in [1.82, 2.24) is 10.2 Å². The van der Waals surface area contributed by atoms with E-state index >= 15 is 0 Å². The van der Waals surface area contributed by atoms with Gasteiger partial charge in [-0.25, -0.2) is 0 Å². The maximum absolute atomic E-state index is 9.11. The third-order valence-corrected chi connectivity index (χ3v) is 3.56. The van der Waals surface area contributed by atoms with E-state index in [9.17, 15) is 0 Å². The third kappa shape index (κ3) is 2.92. The van der Waals surface area contributed by atoms with E-state index in [-0.39, 0.29) is 12.1 Å². The zero-order chi connectivity index (χ0) is 11.5. The molecule has 3 heteroatoms. The van der Waals surface area contributed by atoms with Gasteiger partial charge in [0.2, 0.25) is 0 Å². The molecule has 1 aliphatic rings. The van der Waals surface area contributed by atoms with Crippen molar-refractivity contribution in [3.05, 3.63) is 0 Å². The van der Waals surface area contributed by atoms with Gasteiger partial charge in [-0.2, -0.15) is 0 Å². The fourth-order valence-electron chi connectivity index (χ4n) is 2.77. The Kier molecular flexibility index (Phi) is 4.56. The van der Waals surface area contributed by atoms with Crippen molar-refractivity contribution in [2.24, 2.45) is 0 Å². The molecular formula is C12H26N2O. The lowest BCUT2D eigenvalue weighted by atomic mass is 9.92. The average Bonchev–Trinajstić information content (AvgIpc) is 2.16.